The molecular formula is C21H13N2O3S-. The molecule has 132 valence electrons. The molecule has 0 radical (unpaired) electrons. The second kappa shape index (κ2) is 7.01. The highest BCUT2D eigenvalue weighted by molar-refractivity contribution is 7.21. The highest BCUT2D eigenvalue weighted by atomic mass is 32.1. The van der Waals surface area contributed by atoms with E-state index in [0.29, 0.717) is 5.69 Å². The van der Waals surface area contributed by atoms with Crippen LogP contribution in [0.5, 0.6) is 0 Å². The molecule has 1 heterocycles. The third-order valence-corrected chi connectivity index (χ3v) is 5.14. The van der Waals surface area contributed by atoms with Crippen molar-refractivity contribution in [1.82, 2.24) is 4.98 Å². The smallest absolute Gasteiger partial charge is 0.256 e. The number of carboxylic acids is 1. The van der Waals surface area contributed by atoms with Gasteiger partial charge in [0.05, 0.1) is 16.2 Å². The Morgan fingerprint density at radius 3 is 2.41 bits per heavy atom. The van der Waals surface area contributed by atoms with Crippen molar-refractivity contribution in [2.24, 2.45) is 0 Å². The molecule has 0 atom stereocenters. The lowest BCUT2D eigenvalue weighted by molar-refractivity contribution is -0.255. The van der Waals surface area contributed by atoms with Gasteiger partial charge >= 0.3 is 0 Å². The Labute approximate surface area is 158 Å². The van der Waals surface area contributed by atoms with Crippen LogP contribution in [0.25, 0.3) is 20.8 Å². The number of hydrogen-bond donors (Lipinski definition) is 1. The average Bonchev–Trinajstić information content (AvgIpc) is 3.12. The van der Waals surface area contributed by atoms with Crippen LogP contribution < -0.4 is 10.4 Å². The van der Waals surface area contributed by atoms with Gasteiger partial charge in [0, 0.05) is 22.4 Å². The van der Waals surface area contributed by atoms with Crippen molar-refractivity contribution in [2.45, 2.75) is 0 Å². The predicted molar refractivity (Wildman–Crippen MR) is 104 cm³/mol. The number of aromatic carboxylic acids is 1. The van der Waals surface area contributed by atoms with Gasteiger partial charge in [0.1, 0.15) is 5.01 Å². The third-order valence-electron chi connectivity index (χ3n) is 4.05. The second-order valence-corrected chi connectivity index (χ2v) is 6.89. The molecule has 0 unspecified atom stereocenters. The molecule has 1 amide bonds. The van der Waals surface area contributed by atoms with Crippen LogP contribution in [0.15, 0.2) is 72.8 Å². The molecule has 0 spiro atoms. The normalized spacial score (nSPS) is 10.7. The Morgan fingerprint density at radius 2 is 1.63 bits per heavy atom. The highest BCUT2D eigenvalue weighted by Gasteiger charge is 2.13. The summed E-state index contributed by atoms with van der Waals surface area (Å²) in [6, 6.07) is 21.1. The summed E-state index contributed by atoms with van der Waals surface area (Å²) in [5.74, 6) is -1.89. The van der Waals surface area contributed by atoms with Gasteiger partial charge in [0.15, 0.2) is 0 Å². The van der Waals surface area contributed by atoms with Crippen LogP contribution in [0.3, 0.4) is 0 Å². The van der Waals surface area contributed by atoms with Gasteiger partial charge in [-0.05, 0) is 30.3 Å². The van der Waals surface area contributed by atoms with E-state index in [1.54, 1.807) is 29.5 Å². The van der Waals surface area contributed by atoms with Gasteiger partial charge in [-0.1, -0.05) is 42.5 Å². The number of hydrogen-bond acceptors (Lipinski definition) is 5. The maximum atomic E-state index is 12.5. The lowest BCUT2D eigenvalue weighted by atomic mass is 10.1. The largest absolute Gasteiger partial charge is 0.545 e. The van der Waals surface area contributed by atoms with Gasteiger partial charge < -0.3 is 15.2 Å². The number of rotatable bonds is 4. The number of nitrogens with zero attached hydrogens (tertiary/aromatic N) is 1. The number of anilines is 1. The molecule has 0 aliphatic heterocycles. The Kier molecular flexibility index (Phi) is 4.40. The van der Waals surface area contributed by atoms with E-state index < -0.39 is 11.9 Å². The van der Waals surface area contributed by atoms with Crippen LogP contribution in [0.4, 0.5) is 5.69 Å². The van der Waals surface area contributed by atoms with E-state index in [2.05, 4.69) is 10.3 Å². The van der Waals surface area contributed by atoms with Crippen LogP contribution in [-0.2, 0) is 0 Å². The molecule has 0 fully saturated rings. The van der Waals surface area contributed by atoms with E-state index in [0.717, 1.165) is 20.8 Å². The average molecular weight is 373 g/mol. The maximum Gasteiger partial charge on any atom is 0.256 e. The van der Waals surface area contributed by atoms with E-state index in [1.807, 2.05) is 42.5 Å². The number of carboxylic acid groups (broad SMARTS) is 1. The predicted octanol–water partition coefficient (Wildman–Crippen LogP) is 3.58. The van der Waals surface area contributed by atoms with Gasteiger partial charge in [-0.2, -0.15) is 0 Å². The first-order valence-corrected chi connectivity index (χ1v) is 9.01. The fraction of sp³-hybridized carbons (Fsp3) is 0. The number of amides is 1. The van der Waals surface area contributed by atoms with Gasteiger partial charge in [-0.15, -0.1) is 11.3 Å². The van der Waals surface area contributed by atoms with Crippen LogP contribution in [0.2, 0.25) is 0 Å². The molecule has 5 nitrogen and oxygen atoms in total. The van der Waals surface area contributed by atoms with Gasteiger partial charge in [0.2, 0.25) is 0 Å². The summed E-state index contributed by atoms with van der Waals surface area (Å²) >= 11 is 1.57. The van der Waals surface area contributed by atoms with Crippen LogP contribution in [0, 0.1) is 0 Å². The molecule has 0 aliphatic rings. The van der Waals surface area contributed by atoms with Crippen molar-refractivity contribution < 1.29 is 14.7 Å². The fourth-order valence-electron chi connectivity index (χ4n) is 2.78. The number of fused-ring (bicyclic) bond motifs is 1. The van der Waals surface area contributed by atoms with E-state index in [4.69, 9.17) is 0 Å². The highest BCUT2D eigenvalue weighted by Crippen LogP contribution is 2.31. The zero-order valence-corrected chi connectivity index (χ0v) is 14.8. The molecule has 0 bridgehead atoms. The number of thiazole rings is 1. The summed E-state index contributed by atoms with van der Waals surface area (Å²) in [7, 11) is 0. The fourth-order valence-corrected chi connectivity index (χ4v) is 3.75. The number of carbonyl (C=O) groups is 2. The lowest BCUT2D eigenvalue weighted by Crippen LogP contribution is -2.26. The Balaban J connectivity index is 1.63. The van der Waals surface area contributed by atoms with Crippen molar-refractivity contribution >= 4 is 39.1 Å². The van der Waals surface area contributed by atoms with Crippen molar-refractivity contribution in [1.29, 1.82) is 0 Å². The van der Waals surface area contributed by atoms with Crippen LogP contribution in [-0.4, -0.2) is 16.9 Å². The van der Waals surface area contributed by atoms with Gasteiger partial charge in [0.25, 0.3) is 5.91 Å². The topological polar surface area (TPSA) is 82.1 Å². The number of benzene rings is 3. The molecule has 27 heavy (non-hydrogen) atoms. The van der Waals surface area contributed by atoms with Gasteiger partial charge in [-0.3, -0.25) is 4.79 Å². The second-order valence-electron chi connectivity index (χ2n) is 5.85. The first-order valence-electron chi connectivity index (χ1n) is 8.19. The quantitative estimate of drug-likeness (QED) is 0.593. The summed E-state index contributed by atoms with van der Waals surface area (Å²) < 4.78 is 1.09. The molecule has 3 aromatic carbocycles. The first kappa shape index (κ1) is 16.9. The summed E-state index contributed by atoms with van der Waals surface area (Å²) in [6.45, 7) is 0. The molecule has 0 saturated heterocycles. The molecule has 1 aromatic heterocycles. The lowest BCUT2D eigenvalue weighted by Gasteiger charge is -2.11. The Bertz CT molecular complexity index is 1130. The summed E-state index contributed by atoms with van der Waals surface area (Å²) in [4.78, 5) is 28.3. The summed E-state index contributed by atoms with van der Waals surface area (Å²) in [6.07, 6.45) is 0. The van der Waals surface area contributed by atoms with Crippen molar-refractivity contribution in [3.63, 3.8) is 0 Å². The molecule has 4 rings (SSSR count). The maximum absolute atomic E-state index is 12.5. The summed E-state index contributed by atoms with van der Waals surface area (Å²) in [5.41, 5.74) is 2.28. The van der Waals surface area contributed by atoms with E-state index in [-0.39, 0.29) is 11.1 Å². The van der Waals surface area contributed by atoms with Crippen molar-refractivity contribution in [2.75, 3.05) is 5.32 Å². The number of nitrogens with one attached hydrogen (secondary N) is 1. The summed E-state index contributed by atoms with van der Waals surface area (Å²) in [5, 5.41) is 14.8. The zero-order chi connectivity index (χ0) is 18.8. The van der Waals surface area contributed by atoms with E-state index in [1.165, 1.54) is 12.1 Å². The molecule has 0 aliphatic carbocycles. The van der Waals surface area contributed by atoms with Gasteiger partial charge in [-0.25, -0.2) is 4.98 Å². The van der Waals surface area contributed by atoms with E-state index >= 15 is 0 Å². The van der Waals surface area contributed by atoms with Crippen molar-refractivity contribution in [3.8, 4) is 10.6 Å². The molecule has 0 saturated carbocycles. The third kappa shape index (κ3) is 3.43. The SMILES string of the molecule is O=C([O-])c1ccccc1C(=O)Nc1cccc(-c2nc3ccccc3s2)c1. The molecule has 1 N–H and O–H groups in total. The molecule has 4 aromatic rings. The molecular weight excluding hydrogens is 360 g/mol. The van der Waals surface area contributed by atoms with E-state index in [9.17, 15) is 14.7 Å². The van der Waals surface area contributed by atoms with Crippen LogP contribution >= 0.6 is 11.3 Å². The molecule has 6 heteroatoms. The monoisotopic (exact) mass is 373 g/mol. The first-order chi connectivity index (χ1) is 13.1. The standard InChI is InChI=1S/C21H14N2O3S/c24-19(15-8-1-2-9-16(15)21(25)26)22-14-7-5-6-13(12-14)20-23-17-10-3-4-11-18(17)27-20/h1-12H,(H,22,24)(H,25,26)/p-1. The minimum absolute atomic E-state index is 0.0582. The number of carbonyl (C=O) groups excluding carboxylic acids is 2. The Hall–Kier alpha value is -3.51. The van der Waals surface area contributed by atoms with Crippen molar-refractivity contribution in [3.05, 3.63) is 83.9 Å². The number of para-hydroxylation sites is 1. The minimum atomic E-state index is -1.39. The number of aromatic nitrogens is 1. The van der Waals surface area contributed by atoms with Crippen LogP contribution in [0.1, 0.15) is 20.7 Å². The Morgan fingerprint density at radius 1 is 0.889 bits per heavy atom. The minimum Gasteiger partial charge on any atom is -0.545 e. The zero-order valence-electron chi connectivity index (χ0n) is 14.0.